The van der Waals surface area contributed by atoms with Gasteiger partial charge in [0.05, 0.1) is 6.61 Å². The Kier molecular flexibility index (Phi) is 6.34. The minimum Gasteiger partial charge on any atom is -0.465 e. The Labute approximate surface area is 194 Å². The first-order chi connectivity index (χ1) is 15.3. The topological polar surface area (TPSA) is 55.7 Å². The summed E-state index contributed by atoms with van der Waals surface area (Å²) in [4.78, 5) is 31.4. The lowest BCUT2D eigenvalue weighted by atomic mass is 9.67. The van der Waals surface area contributed by atoms with Crippen molar-refractivity contribution in [2.75, 3.05) is 6.61 Å². The van der Waals surface area contributed by atoms with Crippen LogP contribution in [0.5, 0.6) is 0 Å². The van der Waals surface area contributed by atoms with E-state index in [-0.39, 0.29) is 23.8 Å². The van der Waals surface area contributed by atoms with Gasteiger partial charge in [-0.15, -0.1) is 0 Å². The van der Waals surface area contributed by atoms with Crippen LogP contribution < -0.4 is 0 Å². The molecular formula is C27H28ClNO3. The SMILES string of the molecule is CC1=NC2=C(C(=O)CC(C)(C)C2)[C@H](c2ccccc2Cl)C1C(=O)OCCc1ccccc1. The highest BCUT2D eigenvalue weighted by molar-refractivity contribution is 6.31. The van der Waals surface area contributed by atoms with Crippen LogP contribution in [0.3, 0.4) is 0 Å². The molecule has 0 N–H and O–H groups in total. The van der Waals surface area contributed by atoms with E-state index in [9.17, 15) is 9.59 Å². The van der Waals surface area contributed by atoms with Crippen LogP contribution in [0.25, 0.3) is 0 Å². The van der Waals surface area contributed by atoms with Gasteiger partial charge in [0, 0.05) is 40.8 Å². The molecule has 1 aliphatic heterocycles. The van der Waals surface area contributed by atoms with Crippen LogP contribution >= 0.6 is 11.6 Å². The summed E-state index contributed by atoms with van der Waals surface area (Å²) in [6.45, 7) is 6.28. The van der Waals surface area contributed by atoms with E-state index in [1.807, 2.05) is 55.5 Å². The minimum absolute atomic E-state index is 0.0412. The molecule has 1 heterocycles. The highest BCUT2D eigenvalue weighted by atomic mass is 35.5. The van der Waals surface area contributed by atoms with Gasteiger partial charge in [-0.3, -0.25) is 14.6 Å². The van der Waals surface area contributed by atoms with E-state index in [4.69, 9.17) is 21.3 Å². The van der Waals surface area contributed by atoms with Gasteiger partial charge in [0.1, 0.15) is 5.92 Å². The van der Waals surface area contributed by atoms with Crippen LogP contribution in [-0.2, 0) is 20.7 Å². The molecule has 4 rings (SSSR count). The number of rotatable bonds is 5. The number of nitrogens with zero attached hydrogens (tertiary/aromatic N) is 1. The number of aliphatic imine (C=N–C) groups is 1. The van der Waals surface area contributed by atoms with Gasteiger partial charge in [-0.25, -0.2) is 0 Å². The molecule has 0 bridgehead atoms. The van der Waals surface area contributed by atoms with E-state index in [1.165, 1.54) is 0 Å². The van der Waals surface area contributed by atoms with Gasteiger partial charge in [-0.05, 0) is 36.0 Å². The number of halogens is 1. The molecular weight excluding hydrogens is 422 g/mol. The van der Waals surface area contributed by atoms with E-state index in [0.29, 0.717) is 35.6 Å². The molecule has 4 nitrogen and oxygen atoms in total. The van der Waals surface area contributed by atoms with Crippen LogP contribution in [0.4, 0.5) is 0 Å². The highest BCUT2D eigenvalue weighted by Crippen LogP contribution is 2.49. The second kappa shape index (κ2) is 9.03. The molecule has 0 radical (unpaired) electrons. The third-order valence-corrected chi connectivity index (χ3v) is 6.62. The number of ketones is 1. The Morgan fingerprint density at radius 2 is 1.78 bits per heavy atom. The lowest BCUT2D eigenvalue weighted by Crippen LogP contribution is -2.39. The molecule has 0 saturated carbocycles. The molecule has 5 heteroatoms. The number of carbonyl (C=O) groups excluding carboxylic acids is 2. The van der Waals surface area contributed by atoms with Gasteiger partial charge in [0.15, 0.2) is 5.78 Å². The van der Waals surface area contributed by atoms with E-state index >= 15 is 0 Å². The Morgan fingerprint density at radius 1 is 1.09 bits per heavy atom. The number of carbonyl (C=O) groups is 2. The average Bonchev–Trinajstić information content (AvgIpc) is 2.73. The molecule has 1 aliphatic carbocycles. The Bertz CT molecular complexity index is 1100. The van der Waals surface area contributed by atoms with Crippen LogP contribution in [-0.4, -0.2) is 24.1 Å². The van der Waals surface area contributed by atoms with Crippen LogP contribution in [0.15, 0.2) is 70.9 Å². The zero-order chi connectivity index (χ0) is 22.9. The molecule has 2 aliphatic rings. The van der Waals surface area contributed by atoms with Crippen LogP contribution in [0, 0.1) is 11.3 Å². The van der Waals surface area contributed by atoms with Crippen molar-refractivity contribution in [3.8, 4) is 0 Å². The lowest BCUT2D eigenvalue weighted by Gasteiger charge is -2.39. The number of hydrogen-bond donors (Lipinski definition) is 0. The van der Waals surface area contributed by atoms with Gasteiger partial charge >= 0.3 is 5.97 Å². The third kappa shape index (κ3) is 4.56. The van der Waals surface area contributed by atoms with E-state index in [1.54, 1.807) is 6.07 Å². The quantitative estimate of drug-likeness (QED) is 0.530. The Hall–Kier alpha value is -2.72. The van der Waals surface area contributed by atoms with Crippen molar-refractivity contribution < 1.29 is 14.3 Å². The van der Waals surface area contributed by atoms with E-state index < -0.39 is 11.8 Å². The highest BCUT2D eigenvalue weighted by Gasteiger charge is 2.46. The molecule has 2 aromatic carbocycles. The van der Waals surface area contributed by atoms with Crippen molar-refractivity contribution in [3.63, 3.8) is 0 Å². The van der Waals surface area contributed by atoms with Crippen LogP contribution in [0.1, 0.15) is 50.7 Å². The normalized spacial score (nSPS) is 22.2. The molecule has 0 fully saturated rings. The molecule has 166 valence electrons. The number of esters is 1. The van der Waals surface area contributed by atoms with Crippen molar-refractivity contribution in [2.45, 2.75) is 46.0 Å². The number of benzene rings is 2. The maximum Gasteiger partial charge on any atom is 0.315 e. The van der Waals surface area contributed by atoms with Gasteiger partial charge in [-0.1, -0.05) is 74.0 Å². The van der Waals surface area contributed by atoms with Crippen molar-refractivity contribution in [1.29, 1.82) is 0 Å². The fraction of sp³-hybridized carbons (Fsp3) is 0.370. The zero-order valence-corrected chi connectivity index (χ0v) is 19.5. The average molecular weight is 450 g/mol. The van der Waals surface area contributed by atoms with Crippen molar-refractivity contribution in [1.82, 2.24) is 0 Å². The summed E-state index contributed by atoms with van der Waals surface area (Å²) in [6.07, 6.45) is 1.76. The molecule has 0 amide bonds. The first-order valence-corrected chi connectivity index (χ1v) is 11.4. The summed E-state index contributed by atoms with van der Waals surface area (Å²) in [5, 5.41) is 0.541. The molecule has 0 aromatic heterocycles. The number of hydrogen-bond acceptors (Lipinski definition) is 4. The van der Waals surface area contributed by atoms with Crippen molar-refractivity contribution in [2.24, 2.45) is 16.3 Å². The second-order valence-electron chi connectivity index (χ2n) is 9.43. The first-order valence-electron chi connectivity index (χ1n) is 11.0. The summed E-state index contributed by atoms with van der Waals surface area (Å²) in [5.74, 6) is -1.48. The van der Waals surface area contributed by atoms with Gasteiger partial charge in [0.2, 0.25) is 0 Å². The zero-order valence-electron chi connectivity index (χ0n) is 18.7. The maximum atomic E-state index is 13.3. The summed E-state index contributed by atoms with van der Waals surface area (Å²) in [7, 11) is 0. The molecule has 1 unspecified atom stereocenters. The summed E-state index contributed by atoms with van der Waals surface area (Å²) >= 11 is 6.57. The summed E-state index contributed by atoms with van der Waals surface area (Å²) in [5.41, 5.74) is 3.79. The van der Waals surface area contributed by atoms with Crippen molar-refractivity contribution >= 4 is 29.1 Å². The smallest absolute Gasteiger partial charge is 0.315 e. The van der Waals surface area contributed by atoms with Gasteiger partial charge in [0.25, 0.3) is 0 Å². The molecule has 2 aromatic rings. The predicted molar refractivity (Wildman–Crippen MR) is 127 cm³/mol. The molecule has 2 atom stereocenters. The maximum absolute atomic E-state index is 13.3. The monoisotopic (exact) mass is 449 g/mol. The second-order valence-corrected chi connectivity index (χ2v) is 9.84. The number of ether oxygens (including phenoxy) is 1. The van der Waals surface area contributed by atoms with Crippen LogP contribution in [0.2, 0.25) is 5.02 Å². The van der Waals surface area contributed by atoms with E-state index in [0.717, 1.165) is 16.8 Å². The fourth-order valence-electron chi connectivity index (χ4n) is 4.82. The number of allylic oxidation sites excluding steroid dienone is 2. The summed E-state index contributed by atoms with van der Waals surface area (Å²) in [6, 6.07) is 17.3. The predicted octanol–water partition coefficient (Wildman–Crippen LogP) is 5.94. The van der Waals surface area contributed by atoms with Gasteiger partial charge in [-0.2, -0.15) is 0 Å². The minimum atomic E-state index is -0.672. The molecule has 0 saturated heterocycles. The molecule has 32 heavy (non-hydrogen) atoms. The fourth-order valence-corrected chi connectivity index (χ4v) is 5.07. The molecule has 0 spiro atoms. The van der Waals surface area contributed by atoms with E-state index in [2.05, 4.69) is 13.8 Å². The standard InChI is InChI=1S/C27H28ClNO3/c1-17-23(26(31)32-14-13-18-9-5-4-6-10-18)24(19-11-7-8-12-20(19)28)25-21(29-17)15-27(2,3)16-22(25)30/h4-12,23-24H,13-16H2,1-3H3/t23?,24-/m1/s1. The summed E-state index contributed by atoms with van der Waals surface area (Å²) < 4.78 is 5.71. The Morgan fingerprint density at radius 3 is 2.50 bits per heavy atom. The van der Waals surface area contributed by atoms with Crippen molar-refractivity contribution in [3.05, 3.63) is 82.0 Å². The third-order valence-electron chi connectivity index (χ3n) is 6.27. The number of Topliss-reactive ketones (excluding diaryl/α,β-unsaturated/α-hetero) is 1. The Balaban J connectivity index is 1.67. The lowest BCUT2D eigenvalue weighted by molar-refractivity contribution is -0.146. The first kappa shape index (κ1) is 22.5. The largest absolute Gasteiger partial charge is 0.465 e. The van der Waals surface area contributed by atoms with Gasteiger partial charge < -0.3 is 4.74 Å².